The first kappa shape index (κ1) is 14.8. The van der Waals surface area contributed by atoms with E-state index in [0.717, 1.165) is 13.0 Å². The zero-order chi connectivity index (χ0) is 14.2. The molecule has 0 atom stereocenters. The van der Waals surface area contributed by atoms with E-state index in [1.54, 1.807) is 0 Å². The van der Waals surface area contributed by atoms with Gasteiger partial charge >= 0.3 is 6.92 Å². The lowest BCUT2D eigenvalue weighted by Crippen LogP contribution is -2.46. The number of benzene rings is 2. The Morgan fingerprint density at radius 3 is 2.45 bits per heavy atom. The van der Waals surface area contributed by atoms with Crippen LogP contribution in [0.25, 0.3) is 0 Å². The van der Waals surface area contributed by atoms with Crippen molar-refractivity contribution in [3.63, 3.8) is 0 Å². The third-order valence-electron chi connectivity index (χ3n) is 3.40. The van der Waals surface area contributed by atoms with Crippen LogP contribution >= 0.6 is 0 Å². The van der Waals surface area contributed by atoms with Gasteiger partial charge in [0, 0.05) is 13.2 Å². The monoisotopic (exact) mass is 267 g/mol. The number of nitrogens with one attached hydrogen (secondary N) is 1. The van der Waals surface area contributed by atoms with E-state index >= 15 is 0 Å². The van der Waals surface area contributed by atoms with Crippen molar-refractivity contribution in [2.24, 2.45) is 0 Å². The fourth-order valence-electron chi connectivity index (χ4n) is 2.27. The first-order chi connectivity index (χ1) is 9.85. The van der Waals surface area contributed by atoms with Crippen molar-refractivity contribution in [1.82, 2.24) is 5.32 Å². The summed E-state index contributed by atoms with van der Waals surface area (Å²) in [5, 5.41) is 3.12. The molecule has 0 saturated carbocycles. The van der Waals surface area contributed by atoms with E-state index < -0.39 is 0 Å². The van der Waals surface area contributed by atoms with E-state index in [-0.39, 0.29) is 6.92 Å². The summed E-state index contributed by atoms with van der Waals surface area (Å²) >= 11 is 0. The summed E-state index contributed by atoms with van der Waals surface area (Å²) in [4.78, 5) is 0. The predicted octanol–water partition coefficient (Wildman–Crippen LogP) is 1.59. The van der Waals surface area contributed by atoms with Crippen LogP contribution in [-0.2, 0) is 11.1 Å². The highest BCUT2D eigenvalue weighted by Gasteiger charge is 2.20. The maximum atomic E-state index is 6.09. The molecule has 0 saturated heterocycles. The Kier molecular flexibility index (Phi) is 5.84. The highest BCUT2D eigenvalue weighted by molar-refractivity contribution is 6.80. The Bertz CT molecular complexity index is 515. The normalized spacial score (nSPS) is 10.5. The molecule has 0 spiro atoms. The second kappa shape index (κ2) is 7.88. The molecule has 0 heterocycles. The van der Waals surface area contributed by atoms with Gasteiger partial charge in [-0.2, -0.15) is 0 Å². The number of rotatable bonds is 7. The van der Waals surface area contributed by atoms with Gasteiger partial charge in [0.2, 0.25) is 0 Å². The Labute approximate surface area is 122 Å². The minimum Gasteiger partial charge on any atom is -0.426 e. The first-order valence-corrected chi connectivity index (χ1v) is 7.25. The second-order valence-corrected chi connectivity index (χ2v) is 4.86. The van der Waals surface area contributed by atoms with Crippen molar-refractivity contribution in [2.45, 2.75) is 13.3 Å². The lowest BCUT2D eigenvalue weighted by Gasteiger charge is -2.16. The van der Waals surface area contributed by atoms with Crippen LogP contribution in [0.3, 0.4) is 0 Å². The summed E-state index contributed by atoms with van der Waals surface area (Å²) in [6.07, 6.45) is 1.05. The van der Waals surface area contributed by atoms with Crippen molar-refractivity contribution in [1.29, 1.82) is 0 Å². The van der Waals surface area contributed by atoms with Crippen LogP contribution in [0.2, 0.25) is 0 Å². The van der Waals surface area contributed by atoms with Crippen LogP contribution in [0.1, 0.15) is 12.5 Å². The SMILES string of the molecule is CCc1cccc(B(OCCNC)c2ccccc2)c1. The maximum absolute atomic E-state index is 6.09. The Hall–Kier alpha value is -1.58. The molecule has 2 nitrogen and oxygen atoms in total. The Morgan fingerprint density at radius 1 is 1.00 bits per heavy atom. The summed E-state index contributed by atoms with van der Waals surface area (Å²) in [6, 6.07) is 19.1. The molecule has 0 radical (unpaired) electrons. The molecule has 3 heteroatoms. The molecule has 104 valence electrons. The minimum absolute atomic E-state index is 0.0102. The van der Waals surface area contributed by atoms with Gasteiger partial charge in [0.15, 0.2) is 0 Å². The van der Waals surface area contributed by atoms with E-state index in [1.165, 1.54) is 16.5 Å². The third kappa shape index (κ3) is 3.96. The Balaban J connectivity index is 2.25. The molecular formula is C17H22BNO. The number of hydrogen-bond acceptors (Lipinski definition) is 2. The molecule has 0 aliphatic carbocycles. The molecule has 2 aromatic rings. The van der Waals surface area contributed by atoms with Gasteiger partial charge in [-0.3, -0.25) is 0 Å². The van der Waals surface area contributed by atoms with E-state index in [0.29, 0.717) is 6.61 Å². The molecule has 2 rings (SSSR count). The van der Waals surface area contributed by atoms with Crippen LogP contribution in [0.4, 0.5) is 0 Å². The number of likely N-dealkylation sites (N-methyl/N-ethyl adjacent to an activating group) is 1. The highest BCUT2D eigenvalue weighted by atomic mass is 16.4. The van der Waals surface area contributed by atoms with Crippen molar-refractivity contribution < 1.29 is 4.65 Å². The van der Waals surface area contributed by atoms with Gasteiger partial charge in [0.05, 0.1) is 0 Å². The lowest BCUT2D eigenvalue weighted by atomic mass is 9.55. The average molecular weight is 267 g/mol. The van der Waals surface area contributed by atoms with Crippen molar-refractivity contribution in [2.75, 3.05) is 20.2 Å². The van der Waals surface area contributed by atoms with Crippen LogP contribution in [0.15, 0.2) is 54.6 Å². The molecule has 0 aromatic heterocycles. The predicted molar refractivity (Wildman–Crippen MR) is 87.2 cm³/mol. The fraction of sp³-hybridized carbons (Fsp3) is 0.294. The van der Waals surface area contributed by atoms with Gasteiger partial charge in [-0.15, -0.1) is 0 Å². The molecule has 2 aromatic carbocycles. The standard InChI is InChI=1S/C17H22BNO/c1-3-15-8-7-11-17(14-15)18(20-13-12-19-2)16-9-5-4-6-10-16/h4-11,14,19H,3,12-13H2,1-2H3. The van der Waals surface area contributed by atoms with Crippen molar-refractivity contribution in [3.05, 3.63) is 60.2 Å². The number of hydrogen-bond donors (Lipinski definition) is 1. The topological polar surface area (TPSA) is 21.3 Å². The van der Waals surface area contributed by atoms with E-state index in [9.17, 15) is 0 Å². The largest absolute Gasteiger partial charge is 0.426 e. The summed E-state index contributed by atoms with van der Waals surface area (Å²) < 4.78 is 6.09. The molecular weight excluding hydrogens is 245 g/mol. The van der Waals surface area contributed by atoms with Crippen molar-refractivity contribution in [3.8, 4) is 0 Å². The Morgan fingerprint density at radius 2 is 1.75 bits per heavy atom. The fourth-order valence-corrected chi connectivity index (χ4v) is 2.27. The van der Waals surface area contributed by atoms with Crippen LogP contribution < -0.4 is 16.2 Å². The average Bonchev–Trinajstić information content (AvgIpc) is 2.52. The molecule has 0 amide bonds. The molecule has 0 unspecified atom stereocenters. The van der Waals surface area contributed by atoms with E-state index in [4.69, 9.17) is 4.65 Å². The van der Waals surface area contributed by atoms with Gasteiger partial charge in [0.1, 0.15) is 0 Å². The summed E-state index contributed by atoms with van der Waals surface area (Å²) in [5.74, 6) is 0. The first-order valence-electron chi connectivity index (χ1n) is 7.25. The van der Waals surface area contributed by atoms with Crippen LogP contribution in [-0.4, -0.2) is 27.1 Å². The zero-order valence-corrected chi connectivity index (χ0v) is 12.3. The highest BCUT2D eigenvalue weighted by Crippen LogP contribution is 2.00. The molecule has 0 aliphatic rings. The van der Waals surface area contributed by atoms with Gasteiger partial charge in [-0.05, 0) is 30.0 Å². The molecule has 0 bridgehead atoms. The van der Waals surface area contributed by atoms with Crippen LogP contribution in [0.5, 0.6) is 0 Å². The quantitative estimate of drug-likeness (QED) is 0.607. The van der Waals surface area contributed by atoms with E-state index in [1.807, 2.05) is 13.1 Å². The second-order valence-electron chi connectivity index (χ2n) is 4.86. The van der Waals surface area contributed by atoms with Gasteiger partial charge < -0.3 is 9.97 Å². The van der Waals surface area contributed by atoms with E-state index in [2.05, 4.69) is 60.8 Å². The number of aryl methyl sites for hydroxylation is 1. The summed E-state index contributed by atoms with van der Waals surface area (Å²) in [6.45, 7) is 3.75. The molecule has 20 heavy (non-hydrogen) atoms. The zero-order valence-electron chi connectivity index (χ0n) is 12.3. The molecule has 1 N–H and O–H groups in total. The summed E-state index contributed by atoms with van der Waals surface area (Å²) in [5.41, 5.74) is 3.78. The smallest absolute Gasteiger partial charge is 0.361 e. The van der Waals surface area contributed by atoms with Gasteiger partial charge in [0.25, 0.3) is 0 Å². The maximum Gasteiger partial charge on any atom is 0.361 e. The third-order valence-corrected chi connectivity index (χ3v) is 3.40. The molecule has 0 fully saturated rings. The van der Waals surface area contributed by atoms with Gasteiger partial charge in [-0.1, -0.05) is 61.5 Å². The lowest BCUT2D eigenvalue weighted by molar-refractivity contribution is 0.333. The summed E-state index contributed by atoms with van der Waals surface area (Å²) in [7, 11) is 1.94. The minimum atomic E-state index is 0.0102. The van der Waals surface area contributed by atoms with Gasteiger partial charge in [-0.25, -0.2) is 0 Å². The van der Waals surface area contributed by atoms with Crippen LogP contribution in [0, 0.1) is 0 Å². The molecule has 0 aliphatic heterocycles. The van der Waals surface area contributed by atoms with Crippen molar-refractivity contribution >= 4 is 17.8 Å².